The molecule has 8 saturated heterocycles. The summed E-state index contributed by atoms with van der Waals surface area (Å²) in [6.45, 7) is 7.68. The van der Waals surface area contributed by atoms with Gasteiger partial charge in [0.05, 0.1) is 74.0 Å². The van der Waals surface area contributed by atoms with Crippen molar-refractivity contribution >= 4 is 46.4 Å². The monoisotopic (exact) mass is 1620 g/mol. The Bertz CT molecular complexity index is 4270. The Hall–Kier alpha value is -10.2. The number of amides is 4. The van der Waals surface area contributed by atoms with Crippen molar-refractivity contribution in [3.8, 4) is 23.0 Å². The van der Waals surface area contributed by atoms with Gasteiger partial charge in [0.25, 0.3) is 23.7 Å². The number of aromatic hydroxyl groups is 4. The number of anilines is 4. The summed E-state index contributed by atoms with van der Waals surface area (Å²) in [7, 11) is 0. The molecule has 8 heterocycles. The van der Waals surface area contributed by atoms with Gasteiger partial charge in [-0.3, -0.25) is 38.8 Å². The predicted molar refractivity (Wildman–Crippen MR) is 416 cm³/mol. The Balaban J connectivity index is 0.000000135. The number of hydrogen-bond donors (Lipinski definition) is 4. The Morgan fingerprint density at radius 2 is 0.448 bits per heavy atom. The second kappa shape index (κ2) is 34.2. The van der Waals surface area contributed by atoms with Crippen LogP contribution >= 0.6 is 0 Å². The first-order chi connectivity index (χ1) is 55.0. The van der Waals surface area contributed by atoms with E-state index >= 15 is 0 Å². The maximum absolute atomic E-state index is 14.9. The normalized spacial score (nSPS) is 24.8. The van der Waals surface area contributed by atoms with Gasteiger partial charge >= 0.3 is 0 Å². The highest BCUT2D eigenvalue weighted by molar-refractivity contribution is 6.01. The van der Waals surface area contributed by atoms with Gasteiger partial charge in [0.15, 0.2) is 0 Å². The first-order valence-electron chi connectivity index (χ1n) is 39.0. The number of carbonyl (C=O) groups is 4. The molecule has 16 nitrogen and oxygen atoms in total. The molecule has 0 bridgehead atoms. The molecule has 28 heteroatoms. The zero-order chi connectivity index (χ0) is 83.0. The van der Waals surface area contributed by atoms with Gasteiger partial charge < -0.3 is 40.0 Å². The van der Waals surface area contributed by atoms with Crippen LogP contribution in [-0.2, 0) is 19.2 Å². The van der Waals surface area contributed by atoms with E-state index in [1.807, 2.05) is 0 Å². The maximum atomic E-state index is 14.9. The lowest BCUT2D eigenvalue weighted by Crippen LogP contribution is -2.53. The van der Waals surface area contributed by atoms with Crippen molar-refractivity contribution in [3.63, 3.8) is 0 Å². The lowest BCUT2D eigenvalue weighted by molar-refractivity contribution is -0.129. The largest absolute Gasteiger partial charge is 0.508 e. The molecule has 8 aliphatic heterocycles. The summed E-state index contributed by atoms with van der Waals surface area (Å²) in [6.07, 6.45) is 2.65. The van der Waals surface area contributed by atoms with Gasteiger partial charge in [-0.15, -0.1) is 0 Å². The van der Waals surface area contributed by atoms with Crippen molar-refractivity contribution < 1.29 is 92.3 Å². The number of likely N-dealkylation sites (tertiary alicyclic amines) is 4. The van der Waals surface area contributed by atoms with Crippen LogP contribution in [-0.4, -0.2) is 190 Å². The van der Waals surface area contributed by atoms with Crippen molar-refractivity contribution in [3.05, 3.63) is 238 Å². The average Bonchev–Trinajstić information content (AvgIpc) is 0.905. The second-order valence-electron chi connectivity index (χ2n) is 31.6. The number of phenolic OH excluding ortho intramolecular Hbond substituents is 4. The molecule has 0 saturated carbocycles. The number of aryl methyl sites for hydroxylation is 4. The number of alkyl halides is 8. The number of benzene rings is 8. The zero-order valence-corrected chi connectivity index (χ0v) is 64.5. The van der Waals surface area contributed by atoms with Crippen molar-refractivity contribution in [1.29, 1.82) is 0 Å². The van der Waals surface area contributed by atoms with Crippen molar-refractivity contribution in [2.75, 3.05) is 98.1 Å². The number of carbonyl (C=O) groups excluding carboxylic acids is 4. The van der Waals surface area contributed by atoms with E-state index in [9.17, 15) is 92.3 Å². The number of nitrogens with zero attached hydrogens (tertiary/aromatic N) is 8. The molecule has 8 aromatic rings. The van der Waals surface area contributed by atoms with Crippen LogP contribution in [0.15, 0.2) is 170 Å². The number of hydrogen-bond acceptors (Lipinski definition) is 12. The van der Waals surface area contributed by atoms with Gasteiger partial charge in [0, 0.05) is 48.9 Å². The third-order valence-electron chi connectivity index (χ3n) is 24.0. The van der Waals surface area contributed by atoms with Crippen LogP contribution in [0, 0.1) is 51.0 Å². The Morgan fingerprint density at radius 1 is 0.267 bits per heavy atom. The van der Waals surface area contributed by atoms with Gasteiger partial charge in [-0.25, -0.2) is 52.7 Å². The van der Waals surface area contributed by atoms with Crippen LogP contribution in [0.1, 0.15) is 120 Å². The second-order valence-corrected chi connectivity index (χ2v) is 31.6. The highest BCUT2D eigenvalue weighted by atomic mass is 19.3. The van der Waals surface area contributed by atoms with Gasteiger partial charge in [0.1, 0.15) is 46.3 Å². The highest BCUT2D eigenvalue weighted by Gasteiger charge is 2.54. The molecule has 8 aliphatic rings. The number of rotatable bonds is 12. The molecule has 0 unspecified atom stereocenters. The summed E-state index contributed by atoms with van der Waals surface area (Å²) >= 11 is 0. The molecular formula is C88H92F12N8O8. The van der Waals surface area contributed by atoms with E-state index in [4.69, 9.17) is 0 Å². The fourth-order valence-electron chi connectivity index (χ4n) is 17.4. The summed E-state index contributed by atoms with van der Waals surface area (Å²) in [6, 6.07) is 39.5. The predicted octanol–water partition coefficient (Wildman–Crippen LogP) is 16.3. The summed E-state index contributed by atoms with van der Waals surface area (Å²) < 4.78 is 175. The van der Waals surface area contributed by atoms with Crippen LogP contribution in [0.25, 0.3) is 0 Å². The Morgan fingerprint density at radius 3 is 0.612 bits per heavy atom. The molecule has 8 fully saturated rings. The average molecular weight is 1620 g/mol. The zero-order valence-electron chi connectivity index (χ0n) is 64.5. The van der Waals surface area contributed by atoms with E-state index in [-0.39, 0.29) is 95.6 Å². The van der Waals surface area contributed by atoms with E-state index < -0.39 is 97.7 Å². The molecule has 616 valence electrons. The minimum Gasteiger partial charge on any atom is -0.508 e. The van der Waals surface area contributed by atoms with E-state index in [2.05, 4.69) is 0 Å². The van der Waals surface area contributed by atoms with Crippen LogP contribution in [0.5, 0.6) is 23.0 Å². The van der Waals surface area contributed by atoms with Crippen molar-refractivity contribution in [2.24, 2.45) is 0 Å². The third-order valence-corrected chi connectivity index (χ3v) is 24.0. The lowest BCUT2D eigenvalue weighted by atomic mass is 9.85. The summed E-state index contributed by atoms with van der Waals surface area (Å²) in [5.74, 6) is -18.2. The Kier molecular flexibility index (Phi) is 24.7. The Labute approximate surface area is 664 Å². The third kappa shape index (κ3) is 18.2. The quantitative estimate of drug-likeness (QED) is 0.0854. The van der Waals surface area contributed by atoms with Gasteiger partial charge in [-0.2, -0.15) is 0 Å². The highest BCUT2D eigenvalue weighted by Crippen LogP contribution is 2.48. The van der Waals surface area contributed by atoms with E-state index in [1.165, 1.54) is 141 Å². The van der Waals surface area contributed by atoms with E-state index in [0.717, 1.165) is 0 Å². The molecule has 0 radical (unpaired) electrons. The number of phenols is 4. The van der Waals surface area contributed by atoms with Gasteiger partial charge in [0.2, 0.25) is 23.6 Å². The first kappa shape index (κ1) is 83.8. The SMILES string of the molecule is Cc1ccc(N2CC[C@@H](N3CC[C@@H](c4ccc(O)cc4)C(F)(F)C3)C2=O)cc1F.Cc1ccc(N2CC[C@@H](N3CC[C@H](c4ccc(O)cc4)C(F)(F)C3)C2=O)cc1F.Cc1ccc(N2CC[C@H](N3CC[C@@H](c4ccc(O)cc4)C(F)(F)C3)C2=O)cc1F.Cc1ccc(N2CC[C@H](N3CC[C@H](c4ccc(O)cc4)C(F)(F)C3)C2=O)cc1F. The van der Waals surface area contributed by atoms with E-state index in [0.29, 0.717) is 145 Å². The molecule has 8 aromatic carbocycles. The number of piperidine rings is 4. The first-order valence-corrected chi connectivity index (χ1v) is 39.0. The van der Waals surface area contributed by atoms with Crippen LogP contribution in [0.3, 0.4) is 0 Å². The molecule has 0 aliphatic carbocycles. The minimum absolute atomic E-state index is 0.0405. The van der Waals surface area contributed by atoms with Crippen LogP contribution < -0.4 is 19.6 Å². The number of halogens is 12. The topological polar surface area (TPSA) is 175 Å². The van der Waals surface area contributed by atoms with Gasteiger partial charge in [-0.1, -0.05) is 72.8 Å². The van der Waals surface area contributed by atoms with Crippen LogP contribution in [0.4, 0.5) is 75.4 Å². The van der Waals surface area contributed by atoms with Crippen molar-refractivity contribution in [1.82, 2.24) is 19.6 Å². The molecular weight excluding hydrogens is 1520 g/mol. The lowest BCUT2D eigenvalue weighted by Gasteiger charge is -2.40. The van der Waals surface area contributed by atoms with Crippen LogP contribution in [0.2, 0.25) is 0 Å². The molecule has 16 rings (SSSR count). The molecule has 8 atom stereocenters. The van der Waals surface area contributed by atoms with Crippen molar-refractivity contribution in [2.45, 2.75) is 151 Å². The fraction of sp³-hybridized carbons (Fsp3) is 0.409. The molecule has 0 spiro atoms. The standard InChI is InChI=1S/4C22H23F3N2O2/c4*1-14-2-5-16(12-19(14)23)27-11-9-20(21(27)29)26-10-8-18(22(24,25)13-26)15-3-6-17(28)7-4-15/h4*2-7,12,18,20,28H,8-11,13H2,1H3/t2*18-,20+;2*18-,20-/m1010/s1. The fourth-order valence-corrected chi connectivity index (χ4v) is 17.4. The maximum Gasteiger partial charge on any atom is 0.267 e. The minimum atomic E-state index is -2.99. The molecule has 4 N–H and O–H groups in total. The summed E-state index contributed by atoms with van der Waals surface area (Å²) in [5.41, 5.74) is 5.78. The summed E-state index contributed by atoms with van der Waals surface area (Å²) in [4.78, 5) is 63.7. The summed E-state index contributed by atoms with van der Waals surface area (Å²) in [5, 5.41) is 37.6. The smallest absolute Gasteiger partial charge is 0.267 e. The van der Waals surface area contributed by atoms with Gasteiger partial charge in [-0.05, 0) is 247 Å². The molecule has 116 heavy (non-hydrogen) atoms. The van der Waals surface area contributed by atoms with E-state index in [1.54, 1.807) is 95.8 Å². The molecule has 0 aromatic heterocycles. The molecule has 4 amide bonds.